The van der Waals surface area contributed by atoms with Gasteiger partial charge < -0.3 is 5.73 Å². The lowest BCUT2D eigenvalue weighted by molar-refractivity contribution is 0.717. The van der Waals surface area contributed by atoms with Crippen LogP contribution in [0.25, 0.3) is 0 Å². The monoisotopic (exact) mass is 136 g/mol. The Morgan fingerprint density at radius 2 is 1.80 bits per heavy atom. The lowest BCUT2D eigenvalue weighted by atomic mass is 10.0. The lowest BCUT2D eigenvalue weighted by Gasteiger charge is -2.04. The van der Waals surface area contributed by atoms with E-state index >= 15 is 0 Å². The van der Waals surface area contributed by atoms with Gasteiger partial charge in [0.05, 0.1) is 0 Å². The minimum atomic E-state index is 0.820. The Labute approximate surface area is 64.0 Å². The largest absolute Gasteiger partial charge is 0.330 e. The third kappa shape index (κ3) is 2.70. The lowest BCUT2D eigenvalue weighted by Crippen LogP contribution is -1.99. The van der Waals surface area contributed by atoms with Crippen LogP contribution in [0.1, 0.15) is 19.3 Å². The smallest absolute Gasteiger partial charge is 0.00773 e. The molecule has 0 unspecified atom stereocenters. The third-order valence-electron chi connectivity index (χ3n) is 1.65. The first-order valence-electron chi connectivity index (χ1n) is 3.84. The fraction of sp³-hybridized carbons (Fsp3) is 0.444. The molecule has 0 amide bonds. The van der Waals surface area contributed by atoms with E-state index in [2.05, 4.69) is 25.7 Å². The second kappa shape index (κ2) is 4.73. The van der Waals surface area contributed by atoms with Crippen LogP contribution in [0.2, 0.25) is 0 Å². The Morgan fingerprint density at radius 3 is 2.40 bits per heavy atom. The average Bonchev–Trinajstić information content (AvgIpc) is 2.41. The van der Waals surface area contributed by atoms with Gasteiger partial charge >= 0.3 is 0 Å². The second-order valence-corrected chi connectivity index (χ2v) is 2.54. The molecule has 55 valence electrons. The molecule has 0 spiro atoms. The van der Waals surface area contributed by atoms with Crippen LogP contribution in [0.5, 0.6) is 0 Å². The zero-order chi connectivity index (χ0) is 7.23. The molecule has 5 radical (unpaired) electrons. The molecule has 1 rings (SSSR count). The molecule has 10 heavy (non-hydrogen) atoms. The fourth-order valence-electron chi connectivity index (χ4n) is 1.05. The van der Waals surface area contributed by atoms with Gasteiger partial charge in [-0.15, -0.1) is 0 Å². The van der Waals surface area contributed by atoms with E-state index in [1.54, 1.807) is 0 Å². The number of rotatable bonds is 4. The van der Waals surface area contributed by atoms with Gasteiger partial charge in [-0.2, -0.15) is 0 Å². The van der Waals surface area contributed by atoms with Gasteiger partial charge in [0.15, 0.2) is 0 Å². The molecular formula is C9H14N. The summed E-state index contributed by atoms with van der Waals surface area (Å²) < 4.78 is 0. The summed E-state index contributed by atoms with van der Waals surface area (Å²) in [6, 6.07) is 0. The highest BCUT2D eigenvalue weighted by atomic mass is 14.5. The molecule has 1 fully saturated rings. The normalized spacial score (nSPS) is 20.1. The van der Waals surface area contributed by atoms with Gasteiger partial charge in [0.25, 0.3) is 0 Å². The molecule has 1 heteroatoms. The van der Waals surface area contributed by atoms with E-state index in [-0.39, 0.29) is 0 Å². The van der Waals surface area contributed by atoms with Crippen molar-refractivity contribution in [3.63, 3.8) is 0 Å². The Morgan fingerprint density at radius 1 is 1.10 bits per heavy atom. The number of hydrogen-bond acceptors (Lipinski definition) is 1. The van der Waals surface area contributed by atoms with Crippen LogP contribution in [0.4, 0.5) is 0 Å². The molecule has 0 saturated heterocycles. The van der Waals surface area contributed by atoms with E-state index in [1.165, 1.54) is 18.8 Å². The Bertz CT molecular complexity index is 74.8. The van der Waals surface area contributed by atoms with Crippen molar-refractivity contribution < 1.29 is 0 Å². The highest BCUT2D eigenvalue weighted by Gasteiger charge is 2.15. The maximum absolute atomic E-state index is 5.37. The molecule has 0 aromatic rings. The quantitative estimate of drug-likeness (QED) is 0.583. The average molecular weight is 136 g/mol. The van der Waals surface area contributed by atoms with E-state index in [4.69, 9.17) is 5.73 Å². The minimum Gasteiger partial charge on any atom is -0.330 e. The highest BCUT2D eigenvalue weighted by Crippen LogP contribution is 2.27. The summed E-state index contributed by atoms with van der Waals surface area (Å²) in [5, 5.41) is 0. The predicted molar refractivity (Wildman–Crippen MR) is 43.3 cm³/mol. The Balaban J connectivity index is 1.91. The molecule has 0 aromatic heterocycles. The molecule has 0 aliphatic heterocycles. The zero-order valence-electron chi connectivity index (χ0n) is 6.22. The molecule has 1 aliphatic rings. The van der Waals surface area contributed by atoms with Crippen LogP contribution in [0.3, 0.4) is 0 Å². The molecule has 1 aliphatic carbocycles. The summed E-state index contributed by atoms with van der Waals surface area (Å²) in [5.41, 5.74) is 5.37. The van der Waals surface area contributed by atoms with E-state index in [0.717, 1.165) is 13.0 Å². The van der Waals surface area contributed by atoms with Gasteiger partial charge in [0, 0.05) is 0 Å². The maximum Gasteiger partial charge on any atom is -0.00773 e. The van der Waals surface area contributed by atoms with E-state index in [9.17, 15) is 0 Å². The SMILES string of the molecule is NCCCC[C]1[CH][CH][CH][CH]1. The number of unbranched alkanes of at least 4 members (excludes halogenated alkanes) is 1. The second-order valence-electron chi connectivity index (χ2n) is 2.54. The summed E-state index contributed by atoms with van der Waals surface area (Å²) in [6.45, 7) is 0.820. The molecule has 0 aromatic carbocycles. The molecule has 1 nitrogen and oxygen atoms in total. The van der Waals surface area contributed by atoms with Crippen molar-refractivity contribution in [3.05, 3.63) is 31.6 Å². The molecule has 1 saturated carbocycles. The molecule has 0 bridgehead atoms. The summed E-state index contributed by atoms with van der Waals surface area (Å²) in [4.78, 5) is 0. The van der Waals surface area contributed by atoms with Crippen LogP contribution in [0, 0.1) is 31.6 Å². The van der Waals surface area contributed by atoms with Gasteiger partial charge in [-0.05, 0) is 51.0 Å². The van der Waals surface area contributed by atoms with E-state index < -0.39 is 0 Å². The fourth-order valence-corrected chi connectivity index (χ4v) is 1.05. The summed E-state index contributed by atoms with van der Waals surface area (Å²) in [6.07, 6.45) is 12.0. The van der Waals surface area contributed by atoms with Crippen molar-refractivity contribution in [2.75, 3.05) is 6.54 Å². The molecular weight excluding hydrogens is 122 g/mol. The van der Waals surface area contributed by atoms with Gasteiger partial charge in [0.2, 0.25) is 0 Å². The van der Waals surface area contributed by atoms with Crippen molar-refractivity contribution in [3.8, 4) is 0 Å². The van der Waals surface area contributed by atoms with Crippen LogP contribution in [0.15, 0.2) is 0 Å². The first kappa shape index (κ1) is 8.06. The van der Waals surface area contributed by atoms with Crippen LogP contribution >= 0.6 is 0 Å². The van der Waals surface area contributed by atoms with Crippen molar-refractivity contribution in [2.45, 2.75) is 19.3 Å². The Hall–Kier alpha value is -0.0400. The van der Waals surface area contributed by atoms with Crippen LogP contribution in [-0.2, 0) is 0 Å². The summed E-state index contributed by atoms with van der Waals surface area (Å²) in [5.74, 6) is 1.44. The summed E-state index contributed by atoms with van der Waals surface area (Å²) in [7, 11) is 0. The minimum absolute atomic E-state index is 0.820. The highest BCUT2D eigenvalue weighted by molar-refractivity contribution is 5.34. The van der Waals surface area contributed by atoms with Crippen LogP contribution in [-0.4, -0.2) is 6.54 Å². The molecule has 0 atom stereocenters. The third-order valence-corrected chi connectivity index (χ3v) is 1.65. The maximum atomic E-state index is 5.37. The summed E-state index contributed by atoms with van der Waals surface area (Å²) >= 11 is 0. The van der Waals surface area contributed by atoms with Gasteiger partial charge in [-0.25, -0.2) is 0 Å². The topological polar surface area (TPSA) is 26.0 Å². The first-order valence-corrected chi connectivity index (χ1v) is 3.84. The standard InChI is InChI=1S/C9H14N/c10-8-4-3-7-9-5-1-2-6-9/h1-2,5-6H,3-4,7-8,10H2. The first-order chi connectivity index (χ1) is 4.93. The number of hydrogen-bond donors (Lipinski definition) is 1. The van der Waals surface area contributed by atoms with Crippen molar-refractivity contribution >= 4 is 0 Å². The van der Waals surface area contributed by atoms with Gasteiger partial charge in [0.1, 0.15) is 0 Å². The predicted octanol–water partition coefficient (Wildman–Crippen LogP) is 1.52. The molecule has 2 N–H and O–H groups in total. The van der Waals surface area contributed by atoms with E-state index in [1.807, 2.05) is 0 Å². The van der Waals surface area contributed by atoms with Gasteiger partial charge in [-0.3, -0.25) is 0 Å². The molecule has 0 heterocycles. The zero-order valence-corrected chi connectivity index (χ0v) is 6.22. The van der Waals surface area contributed by atoms with E-state index in [0.29, 0.717) is 0 Å². The van der Waals surface area contributed by atoms with Gasteiger partial charge in [-0.1, -0.05) is 6.42 Å². The van der Waals surface area contributed by atoms with Crippen molar-refractivity contribution in [1.82, 2.24) is 0 Å². The van der Waals surface area contributed by atoms with Crippen molar-refractivity contribution in [1.29, 1.82) is 0 Å². The number of nitrogens with two attached hydrogens (primary N) is 1. The van der Waals surface area contributed by atoms with Crippen molar-refractivity contribution in [2.24, 2.45) is 5.73 Å². The van der Waals surface area contributed by atoms with Crippen LogP contribution < -0.4 is 5.73 Å². The Kier molecular flexibility index (Phi) is 3.81.